The maximum absolute atomic E-state index is 13.6. The molecule has 1 unspecified atom stereocenters. The number of aromatic hydroxyl groups is 1. The first kappa shape index (κ1) is 22.3. The van der Waals surface area contributed by atoms with Gasteiger partial charge in [-0.2, -0.15) is 0 Å². The Balaban J connectivity index is 1.78. The van der Waals surface area contributed by atoms with Crippen LogP contribution in [0.2, 0.25) is 0 Å². The Morgan fingerprint density at radius 3 is 2.43 bits per heavy atom. The van der Waals surface area contributed by atoms with Gasteiger partial charge >= 0.3 is 5.97 Å². The Kier molecular flexibility index (Phi) is 5.56. The molecule has 4 aromatic rings. The molecule has 0 saturated carbocycles. The smallest absolute Gasteiger partial charge is 0.312 e. The highest BCUT2D eigenvalue weighted by Crippen LogP contribution is 2.48. The summed E-state index contributed by atoms with van der Waals surface area (Å²) in [5, 5.41) is 10.8. The number of ether oxygens (including phenoxy) is 4. The number of carbonyl (C=O) groups excluding carboxylic acids is 1. The number of hydrogen-bond donors (Lipinski definition) is 1. The second-order valence-electron chi connectivity index (χ2n) is 8.03. The maximum Gasteiger partial charge on any atom is 0.312 e. The Morgan fingerprint density at radius 2 is 1.69 bits per heavy atom. The average Bonchev–Trinajstić information content (AvgIpc) is 2.87. The number of esters is 1. The number of rotatable bonds is 5. The summed E-state index contributed by atoms with van der Waals surface area (Å²) in [6, 6.07) is 13.6. The average molecular weight is 474 g/mol. The Labute approximate surface area is 200 Å². The molecule has 0 radical (unpaired) electrons. The molecule has 1 aliphatic rings. The van der Waals surface area contributed by atoms with Crippen LogP contribution in [0.25, 0.3) is 22.1 Å². The van der Waals surface area contributed by atoms with Crippen LogP contribution in [0.15, 0.2) is 64.0 Å². The third kappa shape index (κ3) is 3.63. The summed E-state index contributed by atoms with van der Waals surface area (Å²) >= 11 is 0. The number of hydrogen-bond acceptors (Lipinski definition) is 8. The van der Waals surface area contributed by atoms with E-state index in [1.54, 1.807) is 49.6 Å². The molecule has 0 saturated heterocycles. The highest BCUT2D eigenvalue weighted by Gasteiger charge is 2.35. The van der Waals surface area contributed by atoms with Crippen LogP contribution in [0.4, 0.5) is 0 Å². The van der Waals surface area contributed by atoms with Crippen LogP contribution < -0.4 is 24.4 Å². The zero-order valence-electron chi connectivity index (χ0n) is 19.3. The second-order valence-corrected chi connectivity index (χ2v) is 8.03. The van der Waals surface area contributed by atoms with Crippen molar-refractivity contribution < 1.29 is 33.3 Å². The first-order valence-electron chi connectivity index (χ1n) is 10.8. The molecule has 1 atom stereocenters. The number of benzene rings is 3. The van der Waals surface area contributed by atoms with E-state index in [-0.39, 0.29) is 34.5 Å². The topological polar surface area (TPSA) is 104 Å². The molecule has 1 N–H and O–H groups in total. The zero-order chi connectivity index (χ0) is 24.7. The lowest BCUT2D eigenvalue weighted by atomic mass is 9.84. The highest BCUT2D eigenvalue weighted by molar-refractivity contribution is 5.94. The monoisotopic (exact) mass is 474 g/mol. The second kappa shape index (κ2) is 8.72. The van der Waals surface area contributed by atoms with Gasteiger partial charge in [-0.15, -0.1) is 0 Å². The molecule has 178 valence electrons. The van der Waals surface area contributed by atoms with Gasteiger partial charge in [-0.05, 0) is 12.1 Å². The lowest BCUT2D eigenvalue weighted by Crippen LogP contribution is -2.22. The zero-order valence-corrected chi connectivity index (χ0v) is 19.3. The van der Waals surface area contributed by atoms with Crippen molar-refractivity contribution in [2.24, 2.45) is 0 Å². The summed E-state index contributed by atoms with van der Waals surface area (Å²) in [5.41, 5.74) is 1.63. The van der Waals surface area contributed by atoms with E-state index in [0.29, 0.717) is 33.9 Å². The summed E-state index contributed by atoms with van der Waals surface area (Å²) < 4.78 is 27.7. The predicted molar refractivity (Wildman–Crippen MR) is 128 cm³/mol. The molecule has 8 heteroatoms. The fraction of sp³-hybridized carbons (Fsp3) is 0.185. The van der Waals surface area contributed by atoms with Crippen LogP contribution in [0, 0.1) is 0 Å². The SMILES string of the molecule is COc1ccc(C2CC(=O)Oc3cc(O)c4c(=O)c(-c5ccccc5OC)coc4c32)c(OC)c1. The van der Waals surface area contributed by atoms with E-state index < -0.39 is 17.3 Å². The largest absolute Gasteiger partial charge is 0.507 e. The third-order valence-electron chi connectivity index (χ3n) is 6.18. The van der Waals surface area contributed by atoms with Gasteiger partial charge in [0.25, 0.3) is 0 Å². The van der Waals surface area contributed by atoms with E-state index in [1.807, 2.05) is 0 Å². The van der Waals surface area contributed by atoms with Crippen LogP contribution in [-0.2, 0) is 4.79 Å². The van der Waals surface area contributed by atoms with Crippen molar-refractivity contribution in [1.82, 2.24) is 0 Å². The van der Waals surface area contributed by atoms with Gasteiger partial charge < -0.3 is 28.5 Å². The minimum atomic E-state index is -0.546. The molecule has 35 heavy (non-hydrogen) atoms. The van der Waals surface area contributed by atoms with Gasteiger partial charge in [0.2, 0.25) is 5.43 Å². The number of carbonyl (C=O) groups is 1. The van der Waals surface area contributed by atoms with Gasteiger partial charge in [0, 0.05) is 34.7 Å². The molecule has 0 bridgehead atoms. The van der Waals surface area contributed by atoms with Gasteiger partial charge in [-0.25, -0.2) is 0 Å². The van der Waals surface area contributed by atoms with Crippen LogP contribution in [-0.4, -0.2) is 32.4 Å². The van der Waals surface area contributed by atoms with E-state index in [9.17, 15) is 14.7 Å². The predicted octanol–water partition coefficient (Wildman–Crippen LogP) is 4.63. The Morgan fingerprint density at radius 1 is 0.914 bits per heavy atom. The van der Waals surface area contributed by atoms with E-state index >= 15 is 0 Å². The first-order valence-corrected chi connectivity index (χ1v) is 10.8. The lowest BCUT2D eigenvalue weighted by Gasteiger charge is -2.27. The van der Waals surface area contributed by atoms with Crippen molar-refractivity contribution in [1.29, 1.82) is 0 Å². The third-order valence-corrected chi connectivity index (χ3v) is 6.18. The maximum atomic E-state index is 13.6. The molecule has 1 aliphatic heterocycles. The van der Waals surface area contributed by atoms with E-state index in [2.05, 4.69) is 0 Å². The molecule has 1 aromatic heterocycles. The van der Waals surface area contributed by atoms with Crippen molar-refractivity contribution in [2.75, 3.05) is 21.3 Å². The lowest BCUT2D eigenvalue weighted by molar-refractivity contribution is -0.135. The molecular formula is C27H22O8. The molecule has 8 nitrogen and oxygen atoms in total. The molecular weight excluding hydrogens is 452 g/mol. The highest BCUT2D eigenvalue weighted by atomic mass is 16.5. The van der Waals surface area contributed by atoms with Crippen LogP contribution >= 0.6 is 0 Å². The van der Waals surface area contributed by atoms with Crippen LogP contribution in [0.3, 0.4) is 0 Å². The minimum Gasteiger partial charge on any atom is -0.507 e. The van der Waals surface area contributed by atoms with Crippen molar-refractivity contribution in [3.63, 3.8) is 0 Å². The number of para-hydroxylation sites is 1. The van der Waals surface area contributed by atoms with E-state index in [1.165, 1.54) is 26.5 Å². The minimum absolute atomic E-state index is 0.00641. The van der Waals surface area contributed by atoms with Gasteiger partial charge in [0.15, 0.2) is 0 Å². The fourth-order valence-corrected chi connectivity index (χ4v) is 4.56. The van der Waals surface area contributed by atoms with Crippen molar-refractivity contribution >= 4 is 16.9 Å². The van der Waals surface area contributed by atoms with Crippen molar-refractivity contribution in [2.45, 2.75) is 12.3 Å². The standard InChI is InChI=1S/C27H22O8/c1-31-14-8-9-16(21(10-14)33-3)17-11-23(29)35-22-12-19(28)25-26(30)18(13-34-27(25)24(17)22)15-6-4-5-7-20(15)32-2/h4-10,12-13,17,28H,11H2,1-3H3. The molecule has 0 spiro atoms. The summed E-state index contributed by atoms with van der Waals surface area (Å²) in [4.78, 5) is 26.1. The quantitative estimate of drug-likeness (QED) is 0.330. The first-order chi connectivity index (χ1) is 17.0. The molecule has 0 aliphatic carbocycles. The number of phenolic OH excluding ortho intramolecular Hbond substituents is 1. The molecule has 0 fully saturated rings. The summed E-state index contributed by atoms with van der Waals surface area (Å²) in [5.74, 6) is 0.340. The molecule has 0 amide bonds. The Bertz CT molecular complexity index is 1520. The Hall–Kier alpha value is -4.46. The van der Waals surface area contributed by atoms with Crippen molar-refractivity contribution in [3.05, 3.63) is 76.1 Å². The number of fused-ring (bicyclic) bond motifs is 3. The molecule has 2 heterocycles. The summed E-state index contributed by atoms with van der Waals surface area (Å²) in [6.45, 7) is 0. The van der Waals surface area contributed by atoms with E-state index in [0.717, 1.165) is 0 Å². The van der Waals surface area contributed by atoms with Crippen LogP contribution in [0.5, 0.6) is 28.7 Å². The normalized spacial score (nSPS) is 14.8. The van der Waals surface area contributed by atoms with E-state index in [4.69, 9.17) is 23.4 Å². The van der Waals surface area contributed by atoms with Crippen molar-refractivity contribution in [3.8, 4) is 39.9 Å². The summed E-state index contributed by atoms with van der Waals surface area (Å²) in [7, 11) is 4.58. The summed E-state index contributed by atoms with van der Waals surface area (Å²) in [6.07, 6.45) is 1.33. The van der Waals surface area contributed by atoms with Gasteiger partial charge in [-0.1, -0.05) is 24.3 Å². The number of phenols is 1. The van der Waals surface area contributed by atoms with Gasteiger partial charge in [0.05, 0.1) is 33.3 Å². The fourth-order valence-electron chi connectivity index (χ4n) is 4.56. The van der Waals surface area contributed by atoms with Gasteiger partial charge in [0.1, 0.15) is 46.0 Å². The molecule has 5 rings (SSSR count). The van der Waals surface area contributed by atoms with Crippen LogP contribution in [0.1, 0.15) is 23.5 Å². The molecule has 3 aromatic carbocycles. The van der Waals surface area contributed by atoms with Gasteiger partial charge in [-0.3, -0.25) is 9.59 Å². The number of methoxy groups -OCH3 is 3.